The normalized spacial score (nSPS) is 12.2. The summed E-state index contributed by atoms with van der Waals surface area (Å²) in [5.74, 6) is 0.0343. The summed E-state index contributed by atoms with van der Waals surface area (Å²) >= 11 is 0. The van der Waals surface area contributed by atoms with Crippen molar-refractivity contribution in [3.63, 3.8) is 0 Å². The van der Waals surface area contributed by atoms with Crippen LogP contribution in [0.25, 0.3) is 0 Å². The van der Waals surface area contributed by atoms with Gasteiger partial charge in [0, 0.05) is 18.3 Å². The van der Waals surface area contributed by atoms with Crippen LogP contribution >= 0.6 is 0 Å². The van der Waals surface area contributed by atoms with Crippen molar-refractivity contribution in [2.75, 3.05) is 6.54 Å². The lowest BCUT2D eigenvalue weighted by atomic mass is 10.2. The first kappa shape index (κ1) is 13.6. The summed E-state index contributed by atoms with van der Waals surface area (Å²) in [6.07, 6.45) is 0.950. The molecule has 4 heteroatoms. The second-order valence-corrected chi connectivity index (χ2v) is 4.25. The van der Waals surface area contributed by atoms with Gasteiger partial charge in [-0.3, -0.25) is 9.78 Å². The Bertz CT molecular complexity index is 365. The quantitative estimate of drug-likeness (QED) is 0.783. The van der Waals surface area contributed by atoms with Gasteiger partial charge in [0.15, 0.2) is 0 Å². The molecule has 0 saturated heterocycles. The highest BCUT2D eigenvalue weighted by Crippen LogP contribution is 1.97. The van der Waals surface area contributed by atoms with E-state index in [1.54, 1.807) is 0 Å². The molecule has 0 aliphatic rings. The summed E-state index contributed by atoms with van der Waals surface area (Å²) in [7, 11) is 0. The average Bonchev–Trinajstić information content (AvgIpc) is 2.29. The monoisotopic (exact) mass is 235 g/mol. The predicted octanol–water partition coefficient (Wildman–Crippen LogP) is 1.39. The summed E-state index contributed by atoms with van der Waals surface area (Å²) in [6.45, 7) is 6.96. The van der Waals surface area contributed by atoms with Crippen molar-refractivity contribution < 1.29 is 4.79 Å². The molecule has 1 unspecified atom stereocenters. The van der Waals surface area contributed by atoms with E-state index in [-0.39, 0.29) is 11.9 Å². The van der Waals surface area contributed by atoms with Crippen molar-refractivity contribution in [2.45, 2.75) is 39.8 Å². The number of rotatable bonds is 6. The van der Waals surface area contributed by atoms with Gasteiger partial charge in [0.25, 0.3) is 0 Å². The van der Waals surface area contributed by atoms with Crippen LogP contribution in [0.5, 0.6) is 0 Å². The number of nitrogens with one attached hydrogen (secondary N) is 2. The van der Waals surface area contributed by atoms with Crippen LogP contribution in [0.4, 0.5) is 0 Å². The minimum atomic E-state index is 0.0343. The number of hydrogen-bond donors (Lipinski definition) is 2. The predicted molar refractivity (Wildman–Crippen MR) is 68.6 cm³/mol. The molecule has 0 radical (unpaired) electrons. The number of hydrogen-bond acceptors (Lipinski definition) is 3. The molecule has 0 aliphatic heterocycles. The van der Waals surface area contributed by atoms with E-state index in [0.29, 0.717) is 13.1 Å². The molecule has 1 atom stereocenters. The zero-order chi connectivity index (χ0) is 12.7. The molecular weight excluding hydrogens is 214 g/mol. The van der Waals surface area contributed by atoms with Crippen LogP contribution in [-0.4, -0.2) is 23.5 Å². The van der Waals surface area contributed by atoms with Crippen molar-refractivity contribution >= 4 is 5.91 Å². The van der Waals surface area contributed by atoms with E-state index in [1.165, 1.54) is 0 Å². The molecule has 94 valence electrons. The highest BCUT2D eigenvalue weighted by Gasteiger charge is 2.04. The molecule has 1 amide bonds. The number of nitrogens with zero attached hydrogens (tertiary/aromatic N) is 1. The van der Waals surface area contributed by atoms with Gasteiger partial charge in [0.1, 0.15) is 0 Å². The Kier molecular flexibility index (Phi) is 5.63. The smallest absolute Gasteiger partial charge is 0.234 e. The molecule has 1 heterocycles. The van der Waals surface area contributed by atoms with E-state index >= 15 is 0 Å². The zero-order valence-electron chi connectivity index (χ0n) is 10.8. The van der Waals surface area contributed by atoms with Gasteiger partial charge in [0.2, 0.25) is 5.91 Å². The third-order valence-corrected chi connectivity index (χ3v) is 2.56. The van der Waals surface area contributed by atoms with Gasteiger partial charge in [0.05, 0.1) is 12.2 Å². The van der Waals surface area contributed by atoms with Gasteiger partial charge in [-0.25, -0.2) is 0 Å². The lowest BCUT2D eigenvalue weighted by Crippen LogP contribution is -2.38. The molecule has 0 fully saturated rings. The number of aromatic nitrogens is 1. The van der Waals surface area contributed by atoms with Gasteiger partial charge in [-0.05, 0) is 32.4 Å². The highest BCUT2D eigenvalue weighted by atomic mass is 16.1. The van der Waals surface area contributed by atoms with Gasteiger partial charge in [-0.15, -0.1) is 0 Å². The first-order valence-electron chi connectivity index (χ1n) is 6.04. The van der Waals surface area contributed by atoms with Crippen LogP contribution in [0, 0.1) is 6.92 Å². The SMILES string of the molecule is CCC(C)NC(=O)CNCc1cccc(C)n1. The average molecular weight is 235 g/mol. The fourth-order valence-corrected chi connectivity index (χ4v) is 1.43. The van der Waals surface area contributed by atoms with Crippen molar-refractivity contribution in [1.82, 2.24) is 15.6 Å². The van der Waals surface area contributed by atoms with Crippen molar-refractivity contribution in [3.8, 4) is 0 Å². The maximum Gasteiger partial charge on any atom is 0.234 e. The first-order chi connectivity index (χ1) is 8.11. The largest absolute Gasteiger partial charge is 0.353 e. The number of carbonyl (C=O) groups excluding carboxylic acids is 1. The van der Waals surface area contributed by atoms with Crippen LogP contribution < -0.4 is 10.6 Å². The van der Waals surface area contributed by atoms with Gasteiger partial charge < -0.3 is 10.6 Å². The van der Waals surface area contributed by atoms with E-state index in [1.807, 2.05) is 32.0 Å². The minimum absolute atomic E-state index is 0.0343. The summed E-state index contributed by atoms with van der Waals surface area (Å²) in [6, 6.07) is 6.12. The van der Waals surface area contributed by atoms with Crippen LogP contribution in [0.2, 0.25) is 0 Å². The number of carbonyl (C=O) groups is 1. The maximum atomic E-state index is 11.5. The van der Waals surface area contributed by atoms with Crippen LogP contribution in [0.3, 0.4) is 0 Å². The zero-order valence-corrected chi connectivity index (χ0v) is 10.8. The molecular formula is C13H21N3O. The topological polar surface area (TPSA) is 54.0 Å². The molecule has 0 aromatic carbocycles. The molecule has 1 aromatic heterocycles. The van der Waals surface area contributed by atoms with Crippen LogP contribution in [-0.2, 0) is 11.3 Å². The minimum Gasteiger partial charge on any atom is -0.353 e. The first-order valence-corrected chi connectivity index (χ1v) is 6.04. The third kappa shape index (κ3) is 5.45. The van der Waals surface area contributed by atoms with E-state index < -0.39 is 0 Å². The third-order valence-electron chi connectivity index (χ3n) is 2.56. The summed E-state index contributed by atoms with van der Waals surface area (Å²) in [5.41, 5.74) is 1.95. The molecule has 4 nitrogen and oxygen atoms in total. The lowest BCUT2D eigenvalue weighted by molar-refractivity contribution is -0.120. The van der Waals surface area contributed by atoms with Crippen LogP contribution in [0.1, 0.15) is 31.7 Å². The molecule has 2 N–H and O–H groups in total. The summed E-state index contributed by atoms with van der Waals surface area (Å²) < 4.78 is 0. The van der Waals surface area contributed by atoms with Crippen molar-refractivity contribution in [1.29, 1.82) is 0 Å². The Morgan fingerprint density at radius 3 is 2.88 bits per heavy atom. The molecule has 0 saturated carbocycles. The van der Waals surface area contributed by atoms with E-state index in [2.05, 4.69) is 22.5 Å². The van der Waals surface area contributed by atoms with Crippen LogP contribution in [0.15, 0.2) is 18.2 Å². The Morgan fingerprint density at radius 2 is 2.24 bits per heavy atom. The number of amides is 1. The maximum absolute atomic E-state index is 11.5. The molecule has 0 aliphatic carbocycles. The van der Waals surface area contributed by atoms with Gasteiger partial charge >= 0.3 is 0 Å². The molecule has 17 heavy (non-hydrogen) atoms. The molecule has 0 spiro atoms. The van der Waals surface area contributed by atoms with Gasteiger partial charge in [-0.1, -0.05) is 13.0 Å². The highest BCUT2D eigenvalue weighted by molar-refractivity contribution is 5.78. The number of aryl methyl sites for hydroxylation is 1. The Balaban J connectivity index is 2.26. The molecule has 1 rings (SSSR count). The number of pyridine rings is 1. The summed E-state index contributed by atoms with van der Waals surface area (Å²) in [5, 5.41) is 5.99. The second-order valence-electron chi connectivity index (χ2n) is 4.25. The molecule has 1 aromatic rings. The Morgan fingerprint density at radius 1 is 1.47 bits per heavy atom. The van der Waals surface area contributed by atoms with Gasteiger partial charge in [-0.2, -0.15) is 0 Å². The van der Waals surface area contributed by atoms with E-state index in [0.717, 1.165) is 17.8 Å². The second kappa shape index (κ2) is 7.01. The van der Waals surface area contributed by atoms with E-state index in [4.69, 9.17) is 0 Å². The lowest BCUT2D eigenvalue weighted by Gasteiger charge is -2.11. The van der Waals surface area contributed by atoms with Crippen molar-refractivity contribution in [2.24, 2.45) is 0 Å². The fraction of sp³-hybridized carbons (Fsp3) is 0.538. The standard InChI is InChI=1S/C13H21N3O/c1-4-10(2)16-13(17)9-14-8-12-7-5-6-11(3)15-12/h5-7,10,14H,4,8-9H2,1-3H3,(H,16,17). The summed E-state index contributed by atoms with van der Waals surface area (Å²) in [4.78, 5) is 15.8. The Labute approximate surface area is 103 Å². The molecule has 0 bridgehead atoms. The van der Waals surface area contributed by atoms with E-state index in [9.17, 15) is 4.79 Å². The van der Waals surface area contributed by atoms with Crippen molar-refractivity contribution in [3.05, 3.63) is 29.6 Å². The Hall–Kier alpha value is -1.42. The fourth-order valence-electron chi connectivity index (χ4n) is 1.43.